The Morgan fingerprint density at radius 2 is 0.979 bits per heavy atom. The molecule has 8 heteroatoms. The second-order valence-electron chi connectivity index (χ2n) is 16.4. The first-order valence-electron chi connectivity index (χ1n) is 18.9. The smallest absolute Gasteiger partial charge is 0.322 e. The van der Waals surface area contributed by atoms with E-state index >= 15 is 0 Å². The highest BCUT2D eigenvalue weighted by molar-refractivity contribution is 5.90. The SMILES string of the molecule is CN(C)c1ccc(NC(=O)N(C[C@H]2CCC[C@H](CN(C(=O)Nc3ccc(N(C)C)cc3)C3CC4CCC3C4)C2)C2CC3CCC2C3)cc1. The van der Waals surface area contributed by atoms with Gasteiger partial charge < -0.3 is 30.2 Å². The molecular weight excluding hydrogens is 596 g/mol. The van der Waals surface area contributed by atoms with Crippen molar-refractivity contribution in [2.75, 3.05) is 61.7 Å². The molecule has 0 saturated heterocycles. The van der Waals surface area contributed by atoms with Crippen LogP contribution in [0, 0.1) is 35.5 Å². The van der Waals surface area contributed by atoms with Crippen LogP contribution in [-0.2, 0) is 0 Å². The molecule has 4 amide bonds. The number of hydrogen-bond donors (Lipinski definition) is 2. The van der Waals surface area contributed by atoms with E-state index in [1.165, 1.54) is 44.9 Å². The van der Waals surface area contributed by atoms with Crippen molar-refractivity contribution in [3.8, 4) is 0 Å². The van der Waals surface area contributed by atoms with Crippen LogP contribution in [0.1, 0.15) is 77.0 Å². The van der Waals surface area contributed by atoms with Gasteiger partial charge in [0.25, 0.3) is 0 Å². The number of nitrogens with zero attached hydrogens (tertiary/aromatic N) is 4. The summed E-state index contributed by atoms with van der Waals surface area (Å²) in [5.41, 5.74) is 3.98. The van der Waals surface area contributed by atoms with Gasteiger partial charge in [-0.05, 0) is 142 Å². The summed E-state index contributed by atoms with van der Waals surface area (Å²) < 4.78 is 0. The first-order valence-corrected chi connectivity index (χ1v) is 18.9. The average molecular weight is 655 g/mol. The molecule has 2 aromatic carbocycles. The molecule has 5 saturated carbocycles. The largest absolute Gasteiger partial charge is 0.378 e. The molecule has 5 aliphatic carbocycles. The van der Waals surface area contributed by atoms with Crippen LogP contribution >= 0.6 is 0 Å². The summed E-state index contributed by atoms with van der Waals surface area (Å²) in [4.78, 5) is 36.7. The third kappa shape index (κ3) is 7.28. The second-order valence-corrected chi connectivity index (χ2v) is 16.4. The van der Waals surface area contributed by atoms with Crippen molar-refractivity contribution in [1.29, 1.82) is 0 Å². The summed E-state index contributed by atoms with van der Waals surface area (Å²) in [7, 11) is 8.15. The van der Waals surface area contributed by atoms with Gasteiger partial charge in [-0.15, -0.1) is 0 Å². The van der Waals surface area contributed by atoms with Crippen LogP contribution in [0.15, 0.2) is 48.5 Å². The Hall–Kier alpha value is -3.42. The van der Waals surface area contributed by atoms with Gasteiger partial charge in [-0.3, -0.25) is 0 Å². The first-order chi connectivity index (χ1) is 23.2. The minimum Gasteiger partial charge on any atom is -0.378 e. The molecule has 2 aromatic rings. The van der Waals surface area contributed by atoms with E-state index in [2.05, 4.69) is 54.5 Å². The van der Waals surface area contributed by atoms with E-state index < -0.39 is 0 Å². The predicted octanol–water partition coefficient (Wildman–Crippen LogP) is 8.37. The third-order valence-corrected chi connectivity index (χ3v) is 12.8. The first kappa shape index (κ1) is 33.1. The summed E-state index contributed by atoms with van der Waals surface area (Å²) in [5.74, 6) is 3.77. The van der Waals surface area contributed by atoms with Gasteiger partial charge >= 0.3 is 12.1 Å². The van der Waals surface area contributed by atoms with Gasteiger partial charge in [0, 0.05) is 76.1 Å². The highest BCUT2D eigenvalue weighted by Crippen LogP contribution is 2.49. The van der Waals surface area contributed by atoms with E-state index in [-0.39, 0.29) is 12.1 Å². The molecule has 2 N–H and O–H groups in total. The van der Waals surface area contributed by atoms with Crippen molar-refractivity contribution < 1.29 is 9.59 Å². The van der Waals surface area contributed by atoms with Gasteiger partial charge in [0.2, 0.25) is 0 Å². The third-order valence-electron chi connectivity index (χ3n) is 12.8. The molecule has 0 radical (unpaired) electrons. The van der Waals surface area contributed by atoms with E-state index in [0.29, 0.717) is 35.8 Å². The van der Waals surface area contributed by atoms with Crippen molar-refractivity contribution in [2.24, 2.45) is 35.5 Å². The monoisotopic (exact) mass is 654 g/mol. The van der Waals surface area contributed by atoms with Crippen LogP contribution in [0.5, 0.6) is 0 Å². The molecular formula is C40H58N6O2. The van der Waals surface area contributed by atoms with Crippen LogP contribution in [0.3, 0.4) is 0 Å². The summed E-state index contributed by atoms with van der Waals surface area (Å²) in [5, 5.41) is 6.56. The molecule has 48 heavy (non-hydrogen) atoms. The Morgan fingerprint density at radius 1 is 0.562 bits per heavy atom. The standard InChI is InChI=1S/C40H58N6O2/c1-43(2)35-16-12-33(13-17-35)41-39(47)45(37-23-27-8-10-31(37)21-27)25-29-6-5-7-30(20-29)26-46(38-24-28-9-11-32(38)22-28)40(48)42-34-14-18-36(19-15-34)44(3)4/h12-19,27-32,37-38H,5-11,20-26H2,1-4H3,(H,41,47)(H,42,48)/t27?,28?,29-,30-,31?,32?,37?,38?/m0/s1. The van der Waals surface area contributed by atoms with Gasteiger partial charge in [0.15, 0.2) is 0 Å². The predicted molar refractivity (Wildman–Crippen MR) is 197 cm³/mol. The number of anilines is 4. The fraction of sp³-hybridized carbons (Fsp3) is 0.650. The number of rotatable bonds is 10. The Bertz CT molecular complexity index is 1300. The van der Waals surface area contributed by atoms with E-state index in [9.17, 15) is 9.59 Å². The molecule has 0 heterocycles. The van der Waals surface area contributed by atoms with E-state index in [1.807, 2.05) is 52.5 Å². The maximum Gasteiger partial charge on any atom is 0.322 e. The van der Waals surface area contributed by atoms with E-state index in [4.69, 9.17) is 0 Å². The van der Waals surface area contributed by atoms with Crippen LogP contribution in [-0.4, -0.2) is 75.2 Å². The molecule has 0 aromatic heterocycles. The second kappa shape index (κ2) is 14.2. The molecule has 5 fully saturated rings. The zero-order valence-corrected chi connectivity index (χ0v) is 29.7. The van der Waals surface area contributed by atoms with Crippen molar-refractivity contribution in [3.63, 3.8) is 0 Å². The fourth-order valence-corrected chi connectivity index (χ4v) is 10.3. The number of fused-ring (bicyclic) bond motifs is 4. The maximum atomic E-state index is 14.0. The summed E-state index contributed by atoms with van der Waals surface area (Å²) in [6, 6.07) is 17.2. The highest BCUT2D eigenvalue weighted by Gasteiger charge is 2.46. The van der Waals surface area contributed by atoms with Crippen LogP contribution in [0.25, 0.3) is 0 Å². The summed E-state index contributed by atoms with van der Waals surface area (Å²) in [6.45, 7) is 1.65. The number of nitrogens with one attached hydrogen (secondary N) is 2. The lowest BCUT2D eigenvalue weighted by Crippen LogP contribution is -2.50. The van der Waals surface area contributed by atoms with Gasteiger partial charge in [-0.1, -0.05) is 19.3 Å². The Morgan fingerprint density at radius 3 is 1.31 bits per heavy atom. The van der Waals surface area contributed by atoms with E-state index in [0.717, 1.165) is 79.8 Å². The molecule has 8 nitrogen and oxygen atoms in total. The van der Waals surface area contributed by atoms with Crippen molar-refractivity contribution in [3.05, 3.63) is 48.5 Å². The number of carbonyl (C=O) groups excluding carboxylic acids is 2. The average Bonchev–Trinajstić information content (AvgIpc) is 3.90. The van der Waals surface area contributed by atoms with Crippen molar-refractivity contribution in [1.82, 2.24) is 9.80 Å². The van der Waals surface area contributed by atoms with Gasteiger partial charge in [0.1, 0.15) is 0 Å². The molecule has 260 valence electrons. The Labute approximate surface area is 288 Å². The van der Waals surface area contributed by atoms with Crippen LogP contribution < -0.4 is 20.4 Å². The molecule has 4 bridgehead atoms. The highest BCUT2D eigenvalue weighted by atomic mass is 16.2. The lowest BCUT2D eigenvalue weighted by Gasteiger charge is -2.41. The van der Waals surface area contributed by atoms with Gasteiger partial charge in [-0.25, -0.2) is 9.59 Å². The topological polar surface area (TPSA) is 71.2 Å². The number of amides is 4. The molecule has 6 unspecified atom stereocenters. The van der Waals surface area contributed by atoms with Gasteiger partial charge in [-0.2, -0.15) is 0 Å². The zero-order valence-electron chi connectivity index (χ0n) is 29.7. The zero-order chi connectivity index (χ0) is 33.4. The van der Waals surface area contributed by atoms with Crippen molar-refractivity contribution in [2.45, 2.75) is 89.1 Å². The normalized spacial score (nSPS) is 30.2. The van der Waals surface area contributed by atoms with Gasteiger partial charge in [0.05, 0.1) is 0 Å². The molecule has 5 aliphatic rings. The molecule has 0 spiro atoms. The summed E-state index contributed by atoms with van der Waals surface area (Å²) in [6.07, 6.45) is 14.6. The van der Waals surface area contributed by atoms with E-state index in [1.54, 1.807) is 0 Å². The number of benzene rings is 2. The maximum absolute atomic E-state index is 14.0. The molecule has 7 rings (SSSR count). The molecule has 8 atom stereocenters. The molecule has 0 aliphatic heterocycles. The quantitative estimate of drug-likeness (QED) is 0.270. The Kier molecular flexibility index (Phi) is 9.79. The number of carbonyl (C=O) groups is 2. The lowest BCUT2D eigenvalue weighted by molar-refractivity contribution is 0.105. The summed E-state index contributed by atoms with van der Waals surface area (Å²) >= 11 is 0. The number of urea groups is 2. The minimum absolute atomic E-state index is 0.0653. The number of hydrogen-bond acceptors (Lipinski definition) is 4. The lowest BCUT2D eigenvalue weighted by atomic mass is 9.80. The van der Waals surface area contributed by atoms with Crippen LogP contribution in [0.4, 0.5) is 32.3 Å². The van der Waals surface area contributed by atoms with Crippen LogP contribution in [0.2, 0.25) is 0 Å². The minimum atomic E-state index is 0.0653. The Balaban J connectivity index is 1.03. The fourth-order valence-electron chi connectivity index (χ4n) is 10.3. The van der Waals surface area contributed by atoms with Crippen molar-refractivity contribution >= 4 is 34.8 Å².